The van der Waals surface area contributed by atoms with E-state index in [-0.39, 0.29) is 0 Å². The third-order valence-corrected chi connectivity index (χ3v) is 7.33. The first-order chi connectivity index (χ1) is 14.3. The highest BCUT2D eigenvalue weighted by Gasteiger charge is 2.26. The molecule has 3 aliphatic rings. The molecular formula is C24H41N5. The van der Waals surface area contributed by atoms with E-state index in [2.05, 4.69) is 29.0 Å². The third kappa shape index (κ3) is 5.22. The van der Waals surface area contributed by atoms with Crippen molar-refractivity contribution in [2.24, 2.45) is 5.92 Å². The van der Waals surface area contributed by atoms with Crippen molar-refractivity contribution in [1.29, 1.82) is 0 Å². The minimum atomic E-state index is 0.481. The molecule has 3 heterocycles. The molecule has 0 saturated carbocycles. The molecule has 4 rings (SSSR count). The van der Waals surface area contributed by atoms with Gasteiger partial charge >= 0.3 is 0 Å². The molecule has 0 bridgehead atoms. The predicted octanol–water partition coefficient (Wildman–Crippen LogP) is 4.66. The van der Waals surface area contributed by atoms with Crippen LogP contribution < -0.4 is 10.2 Å². The molecule has 1 unspecified atom stereocenters. The van der Waals surface area contributed by atoms with Crippen molar-refractivity contribution in [3.05, 3.63) is 11.3 Å². The molecule has 0 amide bonds. The van der Waals surface area contributed by atoms with Gasteiger partial charge in [0.15, 0.2) is 0 Å². The van der Waals surface area contributed by atoms with Crippen LogP contribution in [0.1, 0.15) is 82.9 Å². The zero-order valence-corrected chi connectivity index (χ0v) is 18.8. The number of hydrogen-bond donors (Lipinski definition) is 1. The van der Waals surface area contributed by atoms with E-state index in [0.717, 1.165) is 44.3 Å². The van der Waals surface area contributed by atoms with Crippen LogP contribution in [0.25, 0.3) is 0 Å². The quantitative estimate of drug-likeness (QED) is 0.722. The average Bonchev–Trinajstić information content (AvgIpc) is 3.04. The Labute approximate surface area is 177 Å². The molecule has 1 atom stereocenters. The average molecular weight is 400 g/mol. The van der Waals surface area contributed by atoms with Gasteiger partial charge in [-0.3, -0.25) is 0 Å². The number of fused-ring (bicyclic) bond motifs is 1. The van der Waals surface area contributed by atoms with E-state index in [1.165, 1.54) is 88.0 Å². The number of anilines is 2. The second-order valence-corrected chi connectivity index (χ2v) is 9.48. The Bertz CT molecular complexity index is 649. The molecule has 5 nitrogen and oxygen atoms in total. The Kier molecular flexibility index (Phi) is 7.28. The molecule has 2 fully saturated rings. The van der Waals surface area contributed by atoms with Crippen molar-refractivity contribution in [3.63, 3.8) is 0 Å². The molecule has 0 aromatic carbocycles. The maximum absolute atomic E-state index is 5.11. The fourth-order valence-corrected chi connectivity index (χ4v) is 5.46. The van der Waals surface area contributed by atoms with E-state index in [1.54, 1.807) is 0 Å². The summed E-state index contributed by atoms with van der Waals surface area (Å²) in [5, 5.41) is 3.75. The number of rotatable bonds is 7. The van der Waals surface area contributed by atoms with Gasteiger partial charge in [0.05, 0.1) is 5.69 Å². The first-order valence-corrected chi connectivity index (χ1v) is 12.4. The number of nitrogens with one attached hydrogen (secondary N) is 1. The lowest BCUT2D eigenvalue weighted by Crippen LogP contribution is -2.44. The molecule has 162 valence electrons. The van der Waals surface area contributed by atoms with Gasteiger partial charge in [-0.25, -0.2) is 4.98 Å². The predicted molar refractivity (Wildman–Crippen MR) is 122 cm³/mol. The van der Waals surface area contributed by atoms with Gasteiger partial charge in [0.25, 0.3) is 0 Å². The maximum Gasteiger partial charge on any atom is 0.225 e. The van der Waals surface area contributed by atoms with Crippen molar-refractivity contribution in [1.82, 2.24) is 14.9 Å². The van der Waals surface area contributed by atoms with Gasteiger partial charge in [-0.2, -0.15) is 4.98 Å². The number of aryl methyl sites for hydroxylation is 1. The summed E-state index contributed by atoms with van der Waals surface area (Å²) in [5.41, 5.74) is 2.75. The van der Waals surface area contributed by atoms with Gasteiger partial charge in [0, 0.05) is 37.8 Å². The molecule has 0 spiro atoms. The standard InChI is InChI=1S/C24H41N5/c1-3-19(4-2)17-28-14-10-11-20(18-28)25-24-26-22-13-9-12-21(22)23(27-24)29-15-7-5-6-8-16-29/h19-20H,3-18H2,1-2H3,(H,25,26,27). The van der Waals surface area contributed by atoms with E-state index in [4.69, 9.17) is 9.97 Å². The highest BCUT2D eigenvalue weighted by atomic mass is 15.3. The van der Waals surface area contributed by atoms with Crippen LogP contribution in [0.4, 0.5) is 11.8 Å². The van der Waals surface area contributed by atoms with Crippen LogP contribution in [0.2, 0.25) is 0 Å². The lowest BCUT2D eigenvalue weighted by molar-refractivity contribution is 0.181. The fraction of sp³-hybridized carbons (Fsp3) is 0.833. The van der Waals surface area contributed by atoms with Crippen molar-refractivity contribution in [2.75, 3.05) is 42.9 Å². The van der Waals surface area contributed by atoms with Gasteiger partial charge in [0.1, 0.15) is 5.82 Å². The summed E-state index contributed by atoms with van der Waals surface area (Å²) < 4.78 is 0. The summed E-state index contributed by atoms with van der Waals surface area (Å²) in [6.45, 7) is 10.6. The molecule has 1 aliphatic carbocycles. The monoisotopic (exact) mass is 399 g/mol. The van der Waals surface area contributed by atoms with Crippen LogP contribution in [0, 0.1) is 5.92 Å². The Balaban J connectivity index is 1.46. The molecular weight excluding hydrogens is 358 g/mol. The third-order valence-electron chi connectivity index (χ3n) is 7.33. The second kappa shape index (κ2) is 10.1. The lowest BCUT2D eigenvalue weighted by atomic mass is 9.99. The van der Waals surface area contributed by atoms with Crippen molar-refractivity contribution in [2.45, 2.75) is 90.5 Å². The first kappa shape index (κ1) is 20.9. The zero-order valence-electron chi connectivity index (χ0n) is 18.8. The molecule has 5 heteroatoms. The van der Waals surface area contributed by atoms with Crippen molar-refractivity contribution < 1.29 is 0 Å². The summed E-state index contributed by atoms with van der Waals surface area (Å²) in [5.74, 6) is 2.97. The van der Waals surface area contributed by atoms with E-state index in [9.17, 15) is 0 Å². The highest BCUT2D eigenvalue weighted by molar-refractivity contribution is 5.54. The molecule has 1 aromatic heterocycles. The van der Waals surface area contributed by atoms with Crippen LogP contribution in [-0.4, -0.2) is 53.6 Å². The van der Waals surface area contributed by atoms with Gasteiger partial charge in [-0.1, -0.05) is 39.5 Å². The molecule has 2 aliphatic heterocycles. The Morgan fingerprint density at radius 1 is 0.931 bits per heavy atom. The van der Waals surface area contributed by atoms with Crippen LogP contribution in [0.5, 0.6) is 0 Å². The van der Waals surface area contributed by atoms with Gasteiger partial charge in [-0.05, 0) is 57.4 Å². The molecule has 1 N–H and O–H groups in total. The Morgan fingerprint density at radius 2 is 1.72 bits per heavy atom. The number of piperidine rings is 1. The summed E-state index contributed by atoms with van der Waals surface area (Å²) in [6, 6.07) is 0.481. The Hall–Kier alpha value is -1.36. The minimum absolute atomic E-state index is 0.481. The van der Waals surface area contributed by atoms with Crippen LogP contribution in [0.15, 0.2) is 0 Å². The van der Waals surface area contributed by atoms with Crippen LogP contribution in [0.3, 0.4) is 0 Å². The number of nitrogens with zero attached hydrogens (tertiary/aromatic N) is 4. The highest BCUT2D eigenvalue weighted by Crippen LogP contribution is 2.31. The fourth-order valence-electron chi connectivity index (χ4n) is 5.46. The summed E-state index contributed by atoms with van der Waals surface area (Å²) in [4.78, 5) is 15.3. The van der Waals surface area contributed by atoms with Crippen molar-refractivity contribution in [3.8, 4) is 0 Å². The lowest BCUT2D eigenvalue weighted by Gasteiger charge is -2.35. The molecule has 1 aromatic rings. The van der Waals surface area contributed by atoms with Crippen LogP contribution in [-0.2, 0) is 12.8 Å². The number of aromatic nitrogens is 2. The molecule has 0 radical (unpaired) electrons. The van der Waals surface area contributed by atoms with E-state index >= 15 is 0 Å². The first-order valence-electron chi connectivity index (χ1n) is 12.4. The molecule has 29 heavy (non-hydrogen) atoms. The van der Waals surface area contributed by atoms with E-state index in [0.29, 0.717) is 6.04 Å². The number of likely N-dealkylation sites (tertiary alicyclic amines) is 1. The summed E-state index contributed by atoms with van der Waals surface area (Å²) in [7, 11) is 0. The second-order valence-electron chi connectivity index (χ2n) is 9.48. The smallest absolute Gasteiger partial charge is 0.225 e. The topological polar surface area (TPSA) is 44.3 Å². The zero-order chi connectivity index (χ0) is 20.1. The number of hydrogen-bond acceptors (Lipinski definition) is 5. The summed E-state index contributed by atoms with van der Waals surface area (Å²) >= 11 is 0. The maximum atomic E-state index is 5.11. The SMILES string of the molecule is CCC(CC)CN1CCCC(Nc2nc3c(c(N4CCCCCC4)n2)CCC3)C1. The largest absolute Gasteiger partial charge is 0.356 e. The van der Waals surface area contributed by atoms with Gasteiger partial charge < -0.3 is 15.1 Å². The molecule has 2 saturated heterocycles. The van der Waals surface area contributed by atoms with Crippen LogP contribution >= 0.6 is 0 Å². The van der Waals surface area contributed by atoms with E-state index in [1.807, 2.05) is 0 Å². The Morgan fingerprint density at radius 3 is 2.48 bits per heavy atom. The summed E-state index contributed by atoms with van der Waals surface area (Å²) in [6.07, 6.45) is 13.9. The van der Waals surface area contributed by atoms with Gasteiger partial charge in [0.2, 0.25) is 5.95 Å². The van der Waals surface area contributed by atoms with Crippen molar-refractivity contribution >= 4 is 11.8 Å². The normalized spacial score (nSPS) is 23.3. The minimum Gasteiger partial charge on any atom is -0.356 e. The van der Waals surface area contributed by atoms with Gasteiger partial charge in [-0.15, -0.1) is 0 Å². The van der Waals surface area contributed by atoms with E-state index < -0.39 is 0 Å².